The normalized spacial score (nSPS) is 8.33. The maximum absolute atomic E-state index is 5.00. The van der Waals surface area contributed by atoms with E-state index in [0.29, 0.717) is 0 Å². The van der Waals surface area contributed by atoms with Gasteiger partial charge in [-0.05, 0) is 13.3 Å². The van der Waals surface area contributed by atoms with E-state index in [1.54, 1.807) is 0 Å². The molecule has 0 bridgehead atoms. The van der Waals surface area contributed by atoms with Crippen molar-refractivity contribution in [3.05, 3.63) is 0 Å². The van der Waals surface area contributed by atoms with Crippen LogP contribution in [0.25, 0.3) is 0 Å². The van der Waals surface area contributed by atoms with Gasteiger partial charge in [0.05, 0.1) is 0 Å². The van der Waals surface area contributed by atoms with Crippen LogP contribution in [-0.4, -0.2) is 19.5 Å². The maximum atomic E-state index is 5.00. The van der Waals surface area contributed by atoms with Crippen LogP contribution in [0.5, 0.6) is 0 Å². The van der Waals surface area contributed by atoms with E-state index in [1.165, 1.54) is 0 Å². The Morgan fingerprint density at radius 1 is 1.67 bits per heavy atom. The molecule has 0 heterocycles. The molecule has 0 aromatic rings. The summed E-state index contributed by atoms with van der Waals surface area (Å²) in [6.45, 7) is 4.35. The minimum atomic E-state index is 0.163. The third-order valence-corrected chi connectivity index (χ3v) is 1.22. The Hall–Kier alpha value is -0.0100. The summed E-state index contributed by atoms with van der Waals surface area (Å²) in [5.41, 5.74) is 0. The molecule has 0 aliphatic rings. The molecule has 0 saturated heterocycles. The lowest BCUT2D eigenvalue weighted by atomic mass is 10.8. The third-order valence-electron chi connectivity index (χ3n) is 0.408. The number of hydrogen-bond donors (Lipinski definition) is 0. The van der Waals surface area contributed by atoms with Crippen LogP contribution in [-0.2, 0) is 0 Å². The Kier molecular flexibility index (Phi) is 3.19. The van der Waals surface area contributed by atoms with Crippen LogP contribution in [0, 0.1) is 12.3 Å². The van der Waals surface area contributed by atoms with Gasteiger partial charge in [-0.2, -0.15) is 0 Å². The molecule has 0 unspecified atom stereocenters. The highest BCUT2D eigenvalue weighted by atomic mass is 31.1. The Morgan fingerprint density at radius 3 is 2.17 bits per heavy atom. The zero-order valence-corrected chi connectivity index (χ0v) is 5.13. The second kappa shape index (κ2) is 3.19. The van der Waals surface area contributed by atoms with Gasteiger partial charge in [-0.3, -0.25) is 0 Å². The lowest BCUT2D eigenvalue weighted by Gasteiger charge is -1.92. The molecule has 0 fully saturated rings. The predicted molar refractivity (Wildman–Crippen MR) is 32.5 cm³/mol. The number of rotatable bonds is 1. The predicted octanol–water partition coefficient (Wildman–Crippen LogP) is 1.36. The van der Waals surface area contributed by atoms with Crippen LogP contribution in [0.3, 0.4) is 0 Å². The van der Waals surface area contributed by atoms with E-state index in [9.17, 15) is 0 Å². The fourth-order valence-electron chi connectivity index (χ4n) is 0.183. The van der Waals surface area contributed by atoms with Gasteiger partial charge in [0.15, 0.2) is 0 Å². The second-order valence-electron chi connectivity index (χ2n) is 1.44. The van der Waals surface area contributed by atoms with Crippen molar-refractivity contribution in [2.24, 2.45) is 0 Å². The summed E-state index contributed by atoms with van der Waals surface area (Å²) < 4.78 is 0. The molecule has 0 spiro atoms. The van der Waals surface area contributed by atoms with Crippen molar-refractivity contribution in [2.75, 3.05) is 19.5 Å². The Balaban J connectivity index is 2.88. The smallest absolute Gasteiger partial charge is 0.0283 e. The van der Waals surface area contributed by atoms with Gasteiger partial charge in [0.2, 0.25) is 0 Å². The third kappa shape index (κ3) is 3.99. The fourth-order valence-corrected chi connectivity index (χ4v) is 0.548. The lowest BCUT2D eigenvalue weighted by molar-refractivity contribution is 1.86. The van der Waals surface area contributed by atoms with E-state index in [0.717, 1.165) is 6.16 Å². The molecule has 0 aromatic heterocycles. The van der Waals surface area contributed by atoms with Gasteiger partial charge in [0.25, 0.3) is 0 Å². The zero-order chi connectivity index (χ0) is 4.99. The summed E-state index contributed by atoms with van der Waals surface area (Å²) >= 11 is 0. The highest BCUT2D eigenvalue weighted by molar-refractivity contribution is 7.56. The topological polar surface area (TPSA) is 0 Å². The summed E-state index contributed by atoms with van der Waals surface area (Å²) in [5, 5.41) is 0. The number of terminal acetylenes is 1. The summed E-state index contributed by atoms with van der Waals surface area (Å²) in [7, 11) is 0.163. The first-order chi connectivity index (χ1) is 2.77. The van der Waals surface area contributed by atoms with Gasteiger partial charge in [-0.25, -0.2) is 0 Å². The quantitative estimate of drug-likeness (QED) is 0.345. The molecule has 0 atom stereocenters. The molecule has 0 aliphatic carbocycles. The zero-order valence-electron chi connectivity index (χ0n) is 4.23. The second-order valence-corrected chi connectivity index (χ2v) is 3.92. The van der Waals surface area contributed by atoms with Gasteiger partial charge in [-0.1, -0.05) is 0 Å². The molecule has 0 saturated carbocycles. The first-order valence-electron chi connectivity index (χ1n) is 1.85. The first kappa shape index (κ1) is 5.99. The highest BCUT2D eigenvalue weighted by Gasteiger charge is 1.81. The first-order valence-corrected chi connectivity index (χ1v) is 4.27. The van der Waals surface area contributed by atoms with Crippen molar-refractivity contribution in [2.45, 2.75) is 0 Å². The minimum absolute atomic E-state index is 0.163. The summed E-state index contributed by atoms with van der Waals surface area (Å²) in [6.07, 6.45) is 5.96. The van der Waals surface area contributed by atoms with Crippen molar-refractivity contribution >= 4 is 7.92 Å². The molecule has 34 valence electrons. The minimum Gasteiger partial charge on any atom is -0.120 e. The van der Waals surface area contributed by atoms with Crippen molar-refractivity contribution in [3.63, 3.8) is 0 Å². The molecule has 0 aromatic carbocycles. The van der Waals surface area contributed by atoms with Crippen molar-refractivity contribution in [3.8, 4) is 12.3 Å². The van der Waals surface area contributed by atoms with Crippen LogP contribution in [0.15, 0.2) is 0 Å². The van der Waals surface area contributed by atoms with E-state index in [-0.39, 0.29) is 7.92 Å². The Morgan fingerprint density at radius 2 is 2.17 bits per heavy atom. The molecule has 6 heavy (non-hydrogen) atoms. The van der Waals surface area contributed by atoms with E-state index < -0.39 is 0 Å². The lowest BCUT2D eigenvalue weighted by Crippen LogP contribution is -1.69. The van der Waals surface area contributed by atoms with Gasteiger partial charge < -0.3 is 0 Å². The molecule has 0 rings (SSSR count). The van der Waals surface area contributed by atoms with Gasteiger partial charge in [-0.15, -0.1) is 20.3 Å². The van der Waals surface area contributed by atoms with E-state index in [2.05, 4.69) is 19.3 Å². The average molecular weight is 100 g/mol. The van der Waals surface area contributed by atoms with Gasteiger partial charge >= 0.3 is 0 Å². The standard InChI is InChI=1S/C5H9P/c1-4-5-6(2)3/h1H,5H2,2-3H3. The van der Waals surface area contributed by atoms with Crippen LogP contribution in [0.2, 0.25) is 0 Å². The van der Waals surface area contributed by atoms with Crippen LogP contribution < -0.4 is 0 Å². The largest absolute Gasteiger partial charge is 0.120 e. The van der Waals surface area contributed by atoms with E-state index >= 15 is 0 Å². The molecule has 0 amide bonds. The molecule has 0 radical (unpaired) electrons. The summed E-state index contributed by atoms with van der Waals surface area (Å²) in [4.78, 5) is 0. The van der Waals surface area contributed by atoms with Crippen molar-refractivity contribution in [1.29, 1.82) is 0 Å². The monoisotopic (exact) mass is 100 g/mol. The SMILES string of the molecule is C#CCP(C)C. The molecule has 0 nitrogen and oxygen atoms in total. The average Bonchev–Trinajstić information content (AvgIpc) is 1.35. The van der Waals surface area contributed by atoms with Crippen molar-refractivity contribution < 1.29 is 0 Å². The van der Waals surface area contributed by atoms with Crippen LogP contribution in [0.1, 0.15) is 0 Å². The molecular weight excluding hydrogens is 91.0 g/mol. The summed E-state index contributed by atoms with van der Waals surface area (Å²) in [5.74, 6) is 2.60. The fraction of sp³-hybridized carbons (Fsp3) is 0.600. The molecule has 1 heteroatoms. The maximum Gasteiger partial charge on any atom is 0.0283 e. The van der Waals surface area contributed by atoms with Crippen LogP contribution >= 0.6 is 7.92 Å². The van der Waals surface area contributed by atoms with Crippen molar-refractivity contribution in [1.82, 2.24) is 0 Å². The van der Waals surface area contributed by atoms with Gasteiger partial charge in [0.1, 0.15) is 0 Å². The molecular formula is C5H9P. The van der Waals surface area contributed by atoms with E-state index in [4.69, 9.17) is 6.42 Å². The molecule has 0 aliphatic heterocycles. The van der Waals surface area contributed by atoms with E-state index in [1.807, 2.05) is 0 Å². The van der Waals surface area contributed by atoms with Crippen LogP contribution in [0.4, 0.5) is 0 Å². The Labute approximate surface area is 40.7 Å². The number of hydrogen-bond acceptors (Lipinski definition) is 0. The Bertz CT molecular complexity index is 58.8. The highest BCUT2D eigenvalue weighted by Crippen LogP contribution is 2.21. The summed E-state index contributed by atoms with van der Waals surface area (Å²) in [6, 6.07) is 0. The molecule has 0 N–H and O–H groups in total. The van der Waals surface area contributed by atoms with Gasteiger partial charge in [0, 0.05) is 6.16 Å².